The molecule has 23 heavy (non-hydrogen) atoms. The standard InChI is InChI=1S/C16H19IN3O3/c1-9(2)20-12-6-4-5-10(14(12)19(3)16(20)23)17-11-7-8-13(21)18-15(11)22/h4-6,9,11H,7-8H2,1-3H3,(H,18,21,22)/q-1. The molecule has 1 aliphatic rings. The van der Waals surface area contributed by atoms with Gasteiger partial charge in [0.15, 0.2) is 0 Å². The number of aryl methyl sites for hydroxylation is 1. The number of imide groups is 1. The van der Waals surface area contributed by atoms with Crippen molar-refractivity contribution in [3.63, 3.8) is 0 Å². The molecule has 1 saturated heterocycles. The van der Waals surface area contributed by atoms with E-state index in [2.05, 4.69) is 5.32 Å². The van der Waals surface area contributed by atoms with Crippen LogP contribution in [0.4, 0.5) is 0 Å². The van der Waals surface area contributed by atoms with Crippen LogP contribution in [0.1, 0.15) is 32.7 Å². The summed E-state index contributed by atoms with van der Waals surface area (Å²) in [6, 6.07) is 5.98. The third kappa shape index (κ3) is 2.82. The van der Waals surface area contributed by atoms with E-state index in [4.69, 9.17) is 0 Å². The maximum absolute atomic E-state index is 12.5. The van der Waals surface area contributed by atoms with Gasteiger partial charge in [-0.2, -0.15) is 0 Å². The Balaban J connectivity index is 2.06. The fourth-order valence-corrected chi connectivity index (χ4v) is 6.11. The summed E-state index contributed by atoms with van der Waals surface area (Å²) < 4.78 is 4.42. The van der Waals surface area contributed by atoms with Gasteiger partial charge >= 0.3 is 144 Å². The fraction of sp³-hybridized carbons (Fsp3) is 0.438. The Morgan fingerprint density at radius 2 is 2.00 bits per heavy atom. The molecule has 3 rings (SSSR count). The summed E-state index contributed by atoms with van der Waals surface area (Å²) in [7, 11) is 1.78. The average molecular weight is 428 g/mol. The van der Waals surface area contributed by atoms with Gasteiger partial charge in [0.2, 0.25) is 0 Å². The molecule has 0 saturated carbocycles. The molecule has 1 aromatic carbocycles. The molecule has 2 aromatic rings. The van der Waals surface area contributed by atoms with Gasteiger partial charge in [-0.15, -0.1) is 0 Å². The number of benzene rings is 1. The molecule has 2 heterocycles. The molecule has 1 N–H and O–H groups in total. The van der Waals surface area contributed by atoms with E-state index in [1.54, 1.807) is 16.2 Å². The second-order valence-corrected chi connectivity index (χ2v) is 9.23. The Labute approximate surface area is 144 Å². The van der Waals surface area contributed by atoms with Gasteiger partial charge in [-0.05, 0) is 0 Å². The molecule has 1 fully saturated rings. The number of para-hydroxylation sites is 1. The number of aromatic nitrogens is 2. The molecule has 124 valence electrons. The quantitative estimate of drug-likeness (QED) is 0.349. The average Bonchev–Trinajstić information content (AvgIpc) is 2.75. The zero-order valence-electron chi connectivity index (χ0n) is 13.3. The minimum absolute atomic E-state index is 0.0327. The number of rotatable bonds is 3. The zero-order chi connectivity index (χ0) is 16.7. The monoisotopic (exact) mass is 428 g/mol. The summed E-state index contributed by atoms with van der Waals surface area (Å²) in [6.07, 6.45) is 1.01. The van der Waals surface area contributed by atoms with Crippen LogP contribution in [0.3, 0.4) is 0 Å². The number of piperidine rings is 1. The number of imidazole rings is 1. The van der Waals surface area contributed by atoms with Crippen molar-refractivity contribution in [1.82, 2.24) is 14.5 Å². The van der Waals surface area contributed by atoms with Crippen molar-refractivity contribution in [3.8, 4) is 0 Å². The number of hydrogen-bond acceptors (Lipinski definition) is 3. The maximum atomic E-state index is 12.5. The second kappa shape index (κ2) is 6.10. The molecular formula is C16H19IN3O3-. The molecule has 6 nitrogen and oxygen atoms in total. The van der Waals surface area contributed by atoms with Crippen LogP contribution >= 0.6 is 0 Å². The van der Waals surface area contributed by atoms with Gasteiger partial charge in [-0.3, -0.25) is 0 Å². The second-order valence-electron chi connectivity index (χ2n) is 5.94. The SMILES string of the molecule is CC(C)n1c(=O)n(C)c2c([I-]C3CCC(=O)NC3=O)cccc21. The summed E-state index contributed by atoms with van der Waals surface area (Å²) in [6.45, 7) is 3.98. The van der Waals surface area contributed by atoms with E-state index in [9.17, 15) is 14.4 Å². The molecule has 7 heteroatoms. The molecule has 0 spiro atoms. The first-order valence-electron chi connectivity index (χ1n) is 7.57. The van der Waals surface area contributed by atoms with Gasteiger partial charge in [0.25, 0.3) is 0 Å². The molecule has 0 radical (unpaired) electrons. The van der Waals surface area contributed by atoms with Crippen LogP contribution in [-0.4, -0.2) is 24.9 Å². The molecular weight excluding hydrogens is 409 g/mol. The predicted molar refractivity (Wildman–Crippen MR) is 82.4 cm³/mol. The van der Waals surface area contributed by atoms with Crippen molar-refractivity contribution in [1.29, 1.82) is 0 Å². The van der Waals surface area contributed by atoms with Crippen LogP contribution in [0.2, 0.25) is 0 Å². The van der Waals surface area contributed by atoms with Crippen LogP contribution in [0.25, 0.3) is 11.0 Å². The van der Waals surface area contributed by atoms with Gasteiger partial charge in [-0.25, -0.2) is 0 Å². The van der Waals surface area contributed by atoms with Crippen LogP contribution in [0.15, 0.2) is 23.0 Å². The summed E-state index contributed by atoms with van der Waals surface area (Å²) in [5.74, 6) is -0.355. The Hall–Kier alpha value is -1.64. The first-order chi connectivity index (χ1) is 10.9. The Morgan fingerprint density at radius 1 is 1.26 bits per heavy atom. The van der Waals surface area contributed by atoms with Gasteiger partial charge in [0.1, 0.15) is 0 Å². The summed E-state index contributed by atoms with van der Waals surface area (Å²) in [5.41, 5.74) is 1.80. The van der Waals surface area contributed by atoms with E-state index >= 15 is 0 Å². The van der Waals surface area contributed by atoms with Crippen LogP contribution in [-0.2, 0) is 16.6 Å². The van der Waals surface area contributed by atoms with Crippen LogP contribution in [0, 0.1) is 3.57 Å². The summed E-state index contributed by atoms with van der Waals surface area (Å²) in [5, 5.41) is 2.42. The van der Waals surface area contributed by atoms with Gasteiger partial charge in [-0.1, -0.05) is 0 Å². The van der Waals surface area contributed by atoms with Crippen molar-refractivity contribution in [2.45, 2.75) is 36.7 Å². The number of fused-ring (bicyclic) bond motifs is 1. The molecule has 1 unspecified atom stereocenters. The van der Waals surface area contributed by atoms with Crippen LogP contribution in [0.5, 0.6) is 0 Å². The van der Waals surface area contributed by atoms with Crippen molar-refractivity contribution >= 4 is 22.8 Å². The predicted octanol–water partition coefficient (Wildman–Crippen LogP) is -2.02. The van der Waals surface area contributed by atoms with E-state index in [1.807, 2.05) is 32.0 Å². The minimum atomic E-state index is -0.630. The van der Waals surface area contributed by atoms with E-state index in [0.717, 1.165) is 14.6 Å². The molecule has 0 aliphatic carbocycles. The first-order valence-corrected chi connectivity index (χ1v) is 9.89. The van der Waals surface area contributed by atoms with Crippen molar-refractivity contribution in [2.75, 3.05) is 0 Å². The molecule has 1 aromatic heterocycles. The zero-order valence-corrected chi connectivity index (χ0v) is 15.5. The summed E-state index contributed by atoms with van der Waals surface area (Å²) in [4.78, 5) is 35.8. The molecule has 2 amide bonds. The van der Waals surface area contributed by atoms with Crippen molar-refractivity contribution in [2.24, 2.45) is 7.05 Å². The Bertz CT molecular complexity index is 850. The number of carbonyl (C=O) groups excluding carboxylic acids is 2. The Kier molecular flexibility index (Phi) is 4.31. The summed E-state index contributed by atoms with van der Waals surface area (Å²) >= 11 is -0.630. The van der Waals surface area contributed by atoms with E-state index in [0.29, 0.717) is 12.8 Å². The number of carbonyl (C=O) groups is 2. The van der Waals surface area contributed by atoms with Crippen molar-refractivity contribution < 1.29 is 30.8 Å². The fourth-order valence-electron chi connectivity index (χ4n) is 2.89. The molecule has 0 bridgehead atoms. The Morgan fingerprint density at radius 3 is 2.65 bits per heavy atom. The number of nitrogens with zero attached hydrogens (tertiary/aromatic N) is 2. The number of hydrogen-bond donors (Lipinski definition) is 1. The number of alkyl halides is 1. The van der Waals surface area contributed by atoms with Gasteiger partial charge in [0.05, 0.1) is 0 Å². The van der Waals surface area contributed by atoms with Gasteiger partial charge in [0, 0.05) is 0 Å². The molecule has 1 atom stereocenters. The number of amides is 2. The van der Waals surface area contributed by atoms with E-state index in [-0.39, 0.29) is 27.5 Å². The number of halogens is 1. The van der Waals surface area contributed by atoms with Crippen molar-refractivity contribution in [3.05, 3.63) is 32.3 Å². The third-order valence-corrected chi connectivity index (χ3v) is 7.47. The normalized spacial score (nSPS) is 18.9. The first kappa shape index (κ1) is 16.2. The van der Waals surface area contributed by atoms with Gasteiger partial charge < -0.3 is 0 Å². The number of nitrogens with one attached hydrogen (secondary N) is 1. The van der Waals surface area contributed by atoms with E-state index in [1.165, 1.54) is 0 Å². The third-order valence-electron chi connectivity index (χ3n) is 3.99. The molecule has 1 aliphatic heterocycles. The van der Waals surface area contributed by atoms with Crippen LogP contribution < -0.4 is 32.2 Å². The van der Waals surface area contributed by atoms with E-state index < -0.39 is 21.2 Å². The topological polar surface area (TPSA) is 73.1 Å².